The molecule has 2 atom stereocenters. The van der Waals surface area contributed by atoms with Gasteiger partial charge in [-0.1, -0.05) is 44.2 Å². The number of carbonyl (C=O) groups is 1. The third-order valence-corrected chi connectivity index (χ3v) is 4.40. The number of amides is 1. The van der Waals surface area contributed by atoms with Crippen molar-refractivity contribution in [1.29, 1.82) is 0 Å². The molecule has 0 aliphatic carbocycles. The van der Waals surface area contributed by atoms with Gasteiger partial charge in [-0.2, -0.15) is 0 Å². The lowest BCUT2D eigenvalue weighted by atomic mass is 9.95. The van der Waals surface area contributed by atoms with Gasteiger partial charge in [0, 0.05) is 26.2 Å². The van der Waals surface area contributed by atoms with E-state index in [-0.39, 0.29) is 5.91 Å². The smallest absolute Gasteiger partial charge is 0.226 e. The van der Waals surface area contributed by atoms with E-state index in [0.717, 1.165) is 31.7 Å². The van der Waals surface area contributed by atoms with Crippen LogP contribution >= 0.6 is 0 Å². The zero-order valence-electron chi connectivity index (χ0n) is 14.0. The lowest BCUT2D eigenvalue weighted by Gasteiger charge is -2.26. The van der Waals surface area contributed by atoms with Crippen molar-refractivity contribution in [3.05, 3.63) is 35.9 Å². The molecule has 4 nitrogen and oxygen atoms in total. The van der Waals surface area contributed by atoms with Crippen LogP contribution < -0.4 is 10.6 Å². The lowest BCUT2D eigenvalue weighted by molar-refractivity contribution is -0.129. The molecule has 0 unspecified atom stereocenters. The highest BCUT2D eigenvalue weighted by molar-refractivity contribution is 5.78. The minimum atomic E-state index is 0.202. The summed E-state index contributed by atoms with van der Waals surface area (Å²) in [6.07, 6.45) is 0.492. The molecule has 1 aliphatic heterocycles. The second-order valence-corrected chi connectivity index (χ2v) is 6.68. The maximum atomic E-state index is 12.4. The summed E-state index contributed by atoms with van der Waals surface area (Å²) >= 11 is 0. The number of benzene rings is 1. The second-order valence-electron chi connectivity index (χ2n) is 6.68. The highest BCUT2D eigenvalue weighted by Crippen LogP contribution is 2.17. The minimum Gasteiger partial charge on any atom is -0.345 e. The maximum Gasteiger partial charge on any atom is 0.226 e. The quantitative estimate of drug-likeness (QED) is 0.803. The molecule has 4 heteroatoms. The summed E-state index contributed by atoms with van der Waals surface area (Å²) < 4.78 is 0. The first kappa shape index (κ1) is 17.0. The molecule has 1 aromatic carbocycles. The molecule has 122 valence electrons. The molecule has 1 aliphatic rings. The van der Waals surface area contributed by atoms with Crippen molar-refractivity contribution in [1.82, 2.24) is 15.5 Å². The Bertz CT molecular complexity index is 461. The van der Waals surface area contributed by atoms with Gasteiger partial charge in [0.15, 0.2) is 0 Å². The molecule has 1 saturated heterocycles. The highest BCUT2D eigenvalue weighted by atomic mass is 16.2. The van der Waals surface area contributed by atoms with Crippen molar-refractivity contribution in [3.8, 4) is 0 Å². The van der Waals surface area contributed by atoms with Crippen LogP contribution in [-0.4, -0.2) is 50.1 Å². The van der Waals surface area contributed by atoms with Gasteiger partial charge in [-0.05, 0) is 30.5 Å². The minimum absolute atomic E-state index is 0.202. The van der Waals surface area contributed by atoms with Crippen molar-refractivity contribution >= 4 is 5.91 Å². The molecular formula is C18H29N3O. The molecule has 0 spiro atoms. The van der Waals surface area contributed by atoms with E-state index in [2.05, 4.69) is 24.5 Å². The van der Waals surface area contributed by atoms with Crippen LogP contribution in [0.15, 0.2) is 30.3 Å². The average molecular weight is 303 g/mol. The van der Waals surface area contributed by atoms with Gasteiger partial charge in [-0.3, -0.25) is 4.79 Å². The SMILES string of the molecule is CC(C)NC[C@H]1CNC[C@H]1CN(C)C(=O)Cc1ccccc1. The van der Waals surface area contributed by atoms with Crippen LogP contribution in [0.4, 0.5) is 0 Å². The summed E-state index contributed by atoms with van der Waals surface area (Å²) in [6, 6.07) is 10.5. The lowest BCUT2D eigenvalue weighted by Crippen LogP contribution is -2.39. The van der Waals surface area contributed by atoms with Gasteiger partial charge in [0.2, 0.25) is 5.91 Å². The summed E-state index contributed by atoms with van der Waals surface area (Å²) in [6.45, 7) is 8.26. The predicted molar refractivity (Wildman–Crippen MR) is 90.8 cm³/mol. The van der Waals surface area contributed by atoms with Gasteiger partial charge in [0.1, 0.15) is 0 Å². The predicted octanol–water partition coefficient (Wildman–Crippen LogP) is 1.52. The Balaban J connectivity index is 1.82. The molecule has 22 heavy (non-hydrogen) atoms. The molecule has 0 aromatic heterocycles. The van der Waals surface area contributed by atoms with Crippen LogP contribution in [0, 0.1) is 11.8 Å². The van der Waals surface area contributed by atoms with Gasteiger partial charge < -0.3 is 15.5 Å². The average Bonchev–Trinajstić information content (AvgIpc) is 2.93. The van der Waals surface area contributed by atoms with E-state index in [4.69, 9.17) is 0 Å². The fraction of sp³-hybridized carbons (Fsp3) is 0.611. The first-order chi connectivity index (χ1) is 10.6. The van der Waals surface area contributed by atoms with Gasteiger partial charge >= 0.3 is 0 Å². The Morgan fingerprint density at radius 2 is 1.95 bits per heavy atom. The number of nitrogens with zero attached hydrogens (tertiary/aromatic N) is 1. The summed E-state index contributed by atoms with van der Waals surface area (Å²) in [5, 5.41) is 6.98. The van der Waals surface area contributed by atoms with Crippen molar-refractivity contribution in [2.24, 2.45) is 11.8 Å². The molecule has 2 N–H and O–H groups in total. The Hall–Kier alpha value is -1.39. The van der Waals surface area contributed by atoms with Crippen LogP contribution in [0.3, 0.4) is 0 Å². The maximum absolute atomic E-state index is 12.4. The van der Waals surface area contributed by atoms with E-state index >= 15 is 0 Å². The van der Waals surface area contributed by atoms with Gasteiger partial charge in [-0.25, -0.2) is 0 Å². The number of nitrogens with one attached hydrogen (secondary N) is 2. The van der Waals surface area contributed by atoms with Crippen molar-refractivity contribution < 1.29 is 4.79 Å². The molecule has 1 amide bonds. The number of hydrogen-bond acceptors (Lipinski definition) is 3. The summed E-state index contributed by atoms with van der Waals surface area (Å²) in [7, 11) is 1.93. The molecule has 0 radical (unpaired) electrons. The van der Waals surface area contributed by atoms with Gasteiger partial charge in [-0.15, -0.1) is 0 Å². The van der Waals surface area contributed by atoms with Gasteiger partial charge in [0.05, 0.1) is 6.42 Å². The fourth-order valence-electron chi connectivity index (χ4n) is 2.99. The standard InChI is InChI=1S/C18H29N3O/c1-14(2)20-12-16-10-19-11-17(16)13-21(3)18(22)9-15-7-5-4-6-8-15/h4-8,14,16-17,19-20H,9-13H2,1-3H3/t16-,17+/m1/s1. The summed E-state index contributed by atoms with van der Waals surface area (Å²) in [4.78, 5) is 14.3. The van der Waals surface area contributed by atoms with Crippen LogP contribution in [0.5, 0.6) is 0 Å². The zero-order valence-corrected chi connectivity index (χ0v) is 14.0. The Labute approximate surface area is 134 Å². The van der Waals surface area contributed by atoms with Crippen LogP contribution in [0.1, 0.15) is 19.4 Å². The Morgan fingerprint density at radius 1 is 1.27 bits per heavy atom. The van der Waals surface area contributed by atoms with E-state index in [0.29, 0.717) is 24.3 Å². The Kier molecular flexibility index (Phi) is 6.40. The van der Waals surface area contributed by atoms with E-state index in [1.54, 1.807) is 0 Å². The van der Waals surface area contributed by atoms with E-state index in [9.17, 15) is 4.79 Å². The molecule has 1 heterocycles. The normalized spacial score (nSPS) is 21.3. The largest absolute Gasteiger partial charge is 0.345 e. The number of hydrogen-bond donors (Lipinski definition) is 2. The molecule has 1 aromatic rings. The molecule has 1 fully saturated rings. The first-order valence-electron chi connectivity index (χ1n) is 8.28. The third-order valence-electron chi connectivity index (χ3n) is 4.40. The van der Waals surface area contributed by atoms with Crippen molar-refractivity contribution in [2.45, 2.75) is 26.3 Å². The van der Waals surface area contributed by atoms with Crippen molar-refractivity contribution in [3.63, 3.8) is 0 Å². The molecule has 0 saturated carbocycles. The number of carbonyl (C=O) groups excluding carboxylic acids is 1. The second kappa shape index (κ2) is 8.30. The van der Waals surface area contributed by atoms with Crippen LogP contribution in [0.2, 0.25) is 0 Å². The van der Waals surface area contributed by atoms with Crippen LogP contribution in [-0.2, 0) is 11.2 Å². The summed E-state index contributed by atoms with van der Waals surface area (Å²) in [5.74, 6) is 1.35. The van der Waals surface area contributed by atoms with Crippen molar-refractivity contribution in [2.75, 3.05) is 33.2 Å². The first-order valence-corrected chi connectivity index (χ1v) is 8.28. The highest BCUT2D eigenvalue weighted by Gasteiger charge is 2.28. The molecular weight excluding hydrogens is 274 g/mol. The Morgan fingerprint density at radius 3 is 2.64 bits per heavy atom. The molecule has 0 bridgehead atoms. The summed E-state index contributed by atoms with van der Waals surface area (Å²) in [5.41, 5.74) is 1.09. The van der Waals surface area contributed by atoms with E-state index < -0.39 is 0 Å². The zero-order chi connectivity index (χ0) is 15.9. The third kappa shape index (κ3) is 5.11. The van der Waals surface area contributed by atoms with E-state index in [1.165, 1.54) is 0 Å². The van der Waals surface area contributed by atoms with E-state index in [1.807, 2.05) is 42.3 Å². The number of likely N-dealkylation sites (N-methyl/N-ethyl adjacent to an activating group) is 1. The van der Waals surface area contributed by atoms with Gasteiger partial charge in [0.25, 0.3) is 0 Å². The monoisotopic (exact) mass is 303 g/mol. The molecule has 2 rings (SSSR count). The topological polar surface area (TPSA) is 44.4 Å². The van der Waals surface area contributed by atoms with Crippen LogP contribution in [0.25, 0.3) is 0 Å². The number of rotatable bonds is 7. The fourth-order valence-corrected chi connectivity index (χ4v) is 2.99.